The molecular formula is C20H22ClNO2. The molecule has 1 atom stereocenters. The summed E-state index contributed by atoms with van der Waals surface area (Å²) >= 11 is 5.85. The number of Topliss-reactive ketones (excluding diaryl/α,β-unsaturated/α-hetero) is 1. The summed E-state index contributed by atoms with van der Waals surface area (Å²) in [6.45, 7) is 5.75. The van der Waals surface area contributed by atoms with Gasteiger partial charge in [-0.05, 0) is 55.7 Å². The van der Waals surface area contributed by atoms with E-state index in [1.807, 2.05) is 44.2 Å². The number of amides is 1. The first-order chi connectivity index (χ1) is 11.3. The number of aryl methyl sites for hydroxylation is 2. The summed E-state index contributed by atoms with van der Waals surface area (Å²) in [5.74, 6) is -0.146. The predicted molar refractivity (Wildman–Crippen MR) is 97.6 cm³/mol. The molecule has 0 saturated heterocycles. The minimum atomic E-state index is -0.507. The molecule has 2 rings (SSSR count). The Morgan fingerprint density at radius 3 is 2.25 bits per heavy atom. The number of carbonyl (C=O) groups is 2. The van der Waals surface area contributed by atoms with Crippen LogP contribution >= 0.6 is 11.6 Å². The third kappa shape index (κ3) is 4.24. The van der Waals surface area contributed by atoms with Crippen LogP contribution in [0.4, 0.5) is 0 Å². The van der Waals surface area contributed by atoms with Crippen LogP contribution < -0.4 is 0 Å². The number of hydrogen-bond donors (Lipinski definition) is 0. The lowest BCUT2D eigenvalue weighted by Crippen LogP contribution is -2.41. The molecule has 0 aliphatic heterocycles. The Morgan fingerprint density at radius 2 is 1.67 bits per heavy atom. The molecule has 0 aromatic heterocycles. The van der Waals surface area contributed by atoms with E-state index in [0.29, 0.717) is 10.6 Å². The van der Waals surface area contributed by atoms with Crippen LogP contribution in [0.3, 0.4) is 0 Å². The van der Waals surface area contributed by atoms with Gasteiger partial charge in [-0.1, -0.05) is 35.9 Å². The maximum absolute atomic E-state index is 12.6. The van der Waals surface area contributed by atoms with Crippen molar-refractivity contribution in [1.29, 1.82) is 0 Å². The van der Waals surface area contributed by atoms with Crippen molar-refractivity contribution in [3.63, 3.8) is 0 Å². The number of halogens is 1. The minimum Gasteiger partial charge on any atom is -0.335 e. The van der Waals surface area contributed by atoms with E-state index in [0.717, 1.165) is 16.7 Å². The van der Waals surface area contributed by atoms with Crippen LogP contribution in [-0.2, 0) is 11.2 Å². The van der Waals surface area contributed by atoms with E-state index in [1.165, 1.54) is 4.90 Å². The van der Waals surface area contributed by atoms with E-state index >= 15 is 0 Å². The van der Waals surface area contributed by atoms with Crippen molar-refractivity contribution in [2.24, 2.45) is 0 Å². The van der Waals surface area contributed by atoms with Crippen molar-refractivity contribution >= 4 is 23.3 Å². The van der Waals surface area contributed by atoms with Gasteiger partial charge >= 0.3 is 0 Å². The molecule has 0 aliphatic rings. The lowest BCUT2D eigenvalue weighted by molar-refractivity contribution is -0.130. The Kier molecular flexibility index (Phi) is 5.79. The molecule has 24 heavy (non-hydrogen) atoms. The van der Waals surface area contributed by atoms with Gasteiger partial charge in [0.1, 0.15) is 0 Å². The monoisotopic (exact) mass is 343 g/mol. The molecule has 0 heterocycles. The molecule has 0 spiro atoms. The second kappa shape index (κ2) is 7.63. The number of benzene rings is 2. The molecule has 2 aromatic carbocycles. The van der Waals surface area contributed by atoms with Gasteiger partial charge in [-0.15, -0.1) is 0 Å². The summed E-state index contributed by atoms with van der Waals surface area (Å²) in [5, 5.41) is 0.637. The quantitative estimate of drug-likeness (QED) is 0.762. The lowest BCUT2D eigenvalue weighted by atomic mass is 9.99. The van der Waals surface area contributed by atoms with Crippen molar-refractivity contribution in [3.8, 4) is 0 Å². The van der Waals surface area contributed by atoms with Crippen LogP contribution in [0.25, 0.3) is 0 Å². The van der Waals surface area contributed by atoms with Gasteiger partial charge in [0.25, 0.3) is 0 Å². The van der Waals surface area contributed by atoms with E-state index in [2.05, 4.69) is 0 Å². The van der Waals surface area contributed by atoms with E-state index < -0.39 is 6.04 Å². The first kappa shape index (κ1) is 18.2. The SMILES string of the molecule is Cc1ccc(C(=O)C(C)N(C)C(=O)Cc2ccc(Cl)cc2)cc1C. The summed E-state index contributed by atoms with van der Waals surface area (Å²) in [4.78, 5) is 26.6. The zero-order valence-corrected chi connectivity index (χ0v) is 15.2. The molecule has 0 radical (unpaired) electrons. The Morgan fingerprint density at radius 1 is 1.04 bits per heavy atom. The molecule has 0 fully saturated rings. The molecule has 0 bridgehead atoms. The highest BCUT2D eigenvalue weighted by atomic mass is 35.5. The van der Waals surface area contributed by atoms with Gasteiger partial charge in [-0.25, -0.2) is 0 Å². The van der Waals surface area contributed by atoms with Crippen molar-refractivity contribution in [2.75, 3.05) is 7.05 Å². The van der Waals surface area contributed by atoms with Gasteiger partial charge in [0.15, 0.2) is 5.78 Å². The number of hydrogen-bond acceptors (Lipinski definition) is 2. The summed E-state index contributed by atoms with van der Waals surface area (Å²) < 4.78 is 0. The van der Waals surface area contributed by atoms with Crippen LogP contribution in [0, 0.1) is 13.8 Å². The van der Waals surface area contributed by atoms with Crippen molar-refractivity contribution in [3.05, 3.63) is 69.7 Å². The summed E-state index contributed by atoms with van der Waals surface area (Å²) in [6.07, 6.45) is 0.248. The van der Waals surface area contributed by atoms with E-state index in [-0.39, 0.29) is 18.1 Å². The van der Waals surface area contributed by atoms with Crippen molar-refractivity contribution in [1.82, 2.24) is 4.90 Å². The Labute approximate surface area is 148 Å². The standard InChI is InChI=1S/C20H22ClNO2/c1-13-5-8-17(11-14(13)2)20(24)15(3)22(4)19(23)12-16-6-9-18(21)10-7-16/h5-11,15H,12H2,1-4H3. The molecular weight excluding hydrogens is 322 g/mol. The van der Waals surface area contributed by atoms with E-state index in [4.69, 9.17) is 11.6 Å². The molecule has 1 unspecified atom stereocenters. The van der Waals surface area contributed by atoms with Crippen molar-refractivity contribution in [2.45, 2.75) is 33.2 Å². The van der Waals surface area contributed by atoms with Crippen LogP contribution in [0.15, 0.2) is 42.5 Å². The fourth-order valence-electron chi connectivity index (χ4n) is 2.43. The largest absolute Gasteiger partial charge is 0.335 e. The second-order valence-electron chi connectivity index (χ2n) is 6.15. The zero-order valence-electron chi connectivity index (χ0n) is 14.5. The highest BCUT2D eigenvalue weighted by Crippen LogP contribution is 2.15. The third-order valence-corrected chi connectivity index (χ3v) is 4.67. The maximum Gasteiger partial charge on any atom is 0.227 e. The summed E-state index contributed by atoms with van der Waals surface area (Å²) in [5.41, 5.74) is 3.73. The predicted octanol–water partition coefficient (Wildman–Crippen LogP) is 4.23. The topological polar surface area (TPSA) is 37.4 Å². The highest BCUT2D eigenvalue weighted by molar-refractivity contribution is 6.30. The first-order valence-electron chi connectivity index (χ1n) is 7.91. The third-order valence-electron chi connectivity index (χ3n) is 4.41. The van der Waals surface area contributed by atoms with Gasteiger partial charge in [0.2, 0.25) is 5.91 Å². The van der Waals surface area contributed by atoms with Crippen molar-refractivity contribution < 1.29 is 9.59 Å². The molecule has 1 amide bonds. The van der Waals surface area contributed by atoms with Gasteiger partial charge in [-0.2, -0.15) is 0 Å². The van der Waals surface area contributed by atoms with Crippen LogP contribution in [-0.4, -0.2) is 29.7 Å². The Hall–Kier alpha value is -2.13. The Bertz CT molecular complexity index is 753. The fourth-order valence-corrected chi connectivity index (χ4v) is 2.56. The maximum atomic E-state index is 12.6. The van der Waals surface area contributed by atoms with Gasteiger partial charge in [0.05, 0.1) is 12.5 Å². The molecule has 2 aromatic rings. The first-order valence-corrected chi connectivity index (χ1v) is 8.29. The van der Waals surface area contributed by atoms with Gasteiger partial charge in [0, 0.05) is 17.6 Å². The number of carbonyl (C=O) groups excluding carboxylic acids is 2. The molecule has 0 saturated carbocycles. The number of nitrogens with zero attached hydrogens (tertiary/aromatic N) is 1. The number of ketones is 1. The van der Waals surface area contributed by atoms with E-state index in [1.54, 1.807) is 26.1 Å². The average molecular weight is 344 g/mol. The van der Waals surface area contributed by atoms with Crippen LogP contribution in [0.2, 0.25) is 5.02 Å². The molecule has 0 aliphatic carbocycles. The average Bonchev–Trinajstić information content (AvgIpc) is 2.57. The minimum absolute atomic E-state index is 0.0509. The normalized spacial score (nSPS) is 11.9. The lowest BCUT2D eigenvalue weighted by Gasteiger charge is -2.24. The molecule has 3 nitrogen and oxygen atoms in total. The smallest absolute Gasteiger partial charge is 0.227 e. The molecule has 4 heteroatoms. The molecule has 0 N–H and O–H groups in total. The Balaban J connectivity index is 2.08. The molecule has 126 valence electrons. The zero-order chi connectivity index (χ0) is 17.9. The summed E-state index contributed by atoms with van der Waals surface area (Å²) in [6, 6.07) is 12.3. The van der Waals surface area contributed by atoms with Gasteiger partial charge in [-0.3, -0.25) is 9.59 Å². The fraction of sp³-hybridized carbons (Fsp3) is 0.300. The number of rotatable bonds is 5. The second-order valence-corrected chi connectivity index (χ2v) is 6.58. The van der Waals surface area contributed by atoms with Crippen LogP contribution in [0.1, 0.15) is 34.0 Å². The number of likely N-dealkylation sites (N-methyl/N-ethyl adjacent to an activating group) is 1. The van der Waals surface area contributed by atoms with Gasteiger partial charge < -0.3 is 4.90 Å². The van der Waals surface area contributed by atoms with E-state index in [9.17, 15) is 9.59 Å². The summed E-state index contributed by atoms with van der Waals surface area (Å²) in [7, 11) is 1.67. The van der Waals surface area contributed by atoms with Crippen LogP contribution in [0.5, 0.6) is 0 Å². The highest BCUT2D eigenvalue weighted by Gasteiger charge is 2.23.